The van der Waals surface area contributed by atoms with E-state index in [-0.39, 0.29) is 22.8 Å². The summed E-state index contributed by atoms with van der Waals surface area (Å²) in [6.45, 7) is 1.64. The molecule has 0 saturated carbocycles. The van der Waals surface area contributed by atoms with Crippen LogP contribution in [-0.4, -0.2) is 35.4 Å². The Morgan fingerprint density at radius 2 is 1.82 bits per heavy atom. The minimum Gasteiger partial charge on any atom is -0.306 e. The van der Waals surface area contributed by atoms with Crippen LogP contribution in [0.15, 0.2) is 59.5 Å². The Balaban J connectivity index is 1.61. The highest BCUT2D eigenvalue weighted by Gasteiger charge is 2.21. The molecule has 0 aliphatic rings. The van der Waals surface area contributed by atoms with E-state index >= 15 is 0 Å². The molecule has 0 radical (unpaired) electrons. The third kappa shape index (κ3) is 3.71. The number of rotatable bonds is 4. The fourth-order valence-corrected chi connectivity index (χ4v) is 3.63. The van der Waals surface area contributed by atoms with Crippen LogP contribution >= 0.6 is 11.6 Å². The number of aromatic nitrogens is 6. The van der Waals surface area contributed by atoms with Crippen LogP contribution < -0.4 is 10.9 Å². The zero-order valence-corrected chi connectivity index (χ0v) is 18.1. The predicted octanol–water partition coefficient (Wildman–Crippen LogP) is 3.79. The van der Waals surface area contributed by atoms with Crippen molar-refractivity contribution in [3.63, 3.8) is 0 Å². The molecule has 0 bridgehead atoms. The third-order valence-corrected chi connectivity index (χ3v) is 5.18. The lowest BCUT2D eigenvalue weighted by Gasteiger charge is -2.10. The van der Waals surface area contributed by atoms with Crippen molar-refractivity contribution in [2.45, 2.75) is 6.92 Å². The molecule has 3 aromatic heterocycles. The zero-order valence-electron chi connectivity index (χ0n) is 17.4. The quantitative estimate of drug-likeness (QED) is 0.406. The summed E-state index contributed by atoms with van der Waals surface area (Å²) in [6.07, 6.45) is 1.36. The topological polar surface area (TPSA) is 110 Å². The molecule has 0 fully saturated rings. The van der Waals surface area contributed by atoms with Crippen LogP contribution in [0.5, 0.6) is 0 Å². The Morgan fingerprint density at radius 3 is 2.56 bits per heavy atom. The summed E-state index contributed by atoms with van der Waals surface area (Å²) in [7, 11) is 0. The summed E-state index contributed by atoms with van der Waals surface area (Å²) < 4.78 is 30.7. The molecule has 0 spiro atoms. The van der Waals surface area contributed by atoms with Gasteiger partial charge in [-0.3, -0.25) is 14.6 Å². The number of nitrogens with zero attached hydrogens (tertiary/aromatic N) is 5. The largest absolute Gasteiger partial charge is 0.306 e. The molecular formula is C22H14ClF2N7O2. The second-order valence-corrected chi connectivity index (χ2v) is 7.73. The van der Waals surface area contributed by atoms with Crippen molar-refractivity contribution in [3.8, 4) is 11.6 Å². The van der Waals surface area contributed by atoms with Gasteiger partial charge >= 0.3 is 0 Å². The minimum absolute atomic E-state index is 0.0429. The summed E-state index contributed by atoms with van der Waals surface area (Å²) in [5, 5.41) is 11.6. The first-order valence-corrected chi connectivity index (χ1v) is 10.3. The Morgan fingerprint density at radius 1 is 1.09 bits per heavy atom. The standard InChI is InChI=1S/C22H14ClF2N7O2/c1-11-8-17(27-21(34)18-15(24)6-3-7-16(18)25)32(30-11)22-28-19-14(20(33)29-22)10-26-31(19)13-5-2-4-12(23)9-13/h2-10H,1H3,(H,27,34)(H,28,29,33). The minimum atomic E-state index is -1.02. The average molecular weight is 482 g/mol. The molecule has 0 aliphatic heterocycles. The van der Waals surface area contributed by atoms with E-state index in [0.717, 1.165) is 22.9 Å². The van der Waals surface area contributed by atoms with E-state index in [1.807, 2.05) is 0 Å². The maximum atomic E-state index is 14.1. The number of halogens is 3. The van der Waals surface area contributed by atoms with E-state index in [1.54, 1.807) is 31.2 Å². The van der Waals surface area contributed by atoms with Gasteiger partial charge in [0.15, 0.2) is 5.65 Å². The van der Waals surface area contributed by atoms with Crippen molar-refractivity contribution in [2.75, 3.05) is 5.32 Å². The molecule has 1 amide bonds. The van der Waals surface area contributed by atoms with Gasteiger partial charge < -0.3 is 5.32 Å². The van der Waals surface area contributed by atoms with Gasteiger partial charge in [-0.2, -0.15) is 19.9 Å². The van der Waals surface area contributed by atoms with Crippen LogP contribution in [0.1, 0.15) is 16.1 Å². The molecule has 0 atom stereocenters. The number of carbonyl (C=O) groups is 1. The highest BCUT2D eigenvalue weighted by atomic mass is 35.5. The number of amides is 1. The lowest BCUT2D eigenvalue weighted by molar-refractivity contribution is 0.101. The molecule has 12 heteroatoms. The molecule has 2 N–H and O–H groups in total. The van der Waals surface area contributed by atoms with E-state index in [2.05, 4.69) is 25.5 Å². The summed E-state index contributed by atoms with van der Waals surface area (Å²) >= 11 is 6.08. The van der Waals surface area contributed by atoms with E-state index in [4.69, 9.17) is 11.6 Å². The van der Waals surface area contributed by atoms with E-state index in [0.29, 0.717) is 16.4 Å². The van der Waals surface area contributed by atoms with Gasteiger partial charge in [0.1, 0.15) is 28.4 Å². The maximum absolute atomic E-state index is 14.1. The SMILES string of the molecule is Cc1cc(NC(=O)c2c(F)cccc2F)n(-c2nc3c(cnn3-c3cccc(Cl)c3)c(=O)[nH]2)n1. The number of carbonyl (C=O) groups excluding carboxylic acids is 1. The van der Waals surface area contributed by atoms with E-state index in [9.17, 15) is 18.4 Å². The Bertz CT molecular complexity index is 1620. The molecule has 9 nitrogen and oxygen atoms in total. The van der Waals surface area contributed by atoms with Crippen molar-refractivity contribution in [3.05, 3.63) is 93.0 Å². The average Bonchev–Trinajstić information content (AvgIpc) is 3.37. The van der Waals surface area contributed by atoms with E-state index in [1.165, 1.54) is 16.9 Å². The molecule has 170 valence electrons. The molecule has 34 heavy (non-hydrogen) atoms. The zero-order chi connectivity index (χ0) is 24.0. The van der Waals surface area contributed by atoms with Gasteiger partial charge in [0.25, 0.3) is 11.5 Å². The predicted molar refractivity (Wildman–Crippen MR) is 121 cm³/mol. The number of H-pyrrole nitrogens is 1. The number of benzene rings is 2. The molecule has 0 unspecified atom stereocenters. The fourth-order valence-electron chi connectivity index (χ4n) is 3.45. The maximum Gasteiger partial charge on any atom is 0.263 e. The van der Waals surface area contributed by atoms with Gasteiger partial charge in [-0.1, -0.05) is 23.7 Å². The Labute approximate surface area is 194 Å². The lowest BCUT2D eigenvalue weighted by atomic mass is 10.2. The summed E-state index contributed by atoms with van der Waals surface area (Å²) in [6, 6.07) is 11.4. The van der Waals surface area contributed by atoms with Crippen molar-refractivity contribution >= 4 is 34.4 Å². The summed E-state index contributed by atoms with van der Waals surface area (Å²) in [4.78, 5) is 32.4. The molecule has 0 aliphatic carbocycles. The van der Waals surface area contributed by atoms with Crippen molar-refractivity contribution < 1.29 is 13.6 Å². The third-order valence-electron chi connectivity index (χ3n) is 4.94. The molecule has 3 heterocycles. The number of hydrogen-bond donors (Lipinski definition) is 2. The van der Waals surface area contributed by atoms with Crippen LogP contribution in [0.25, 0.3) is 22.7 Å². The van der Waals surface area contributed by atoms with E-state index < -0.39 is 28.7 Å². The van der Waals surface area contributed by atoms with Crippen LogP contribution in [-0.2, 0) is 0 Å². The molecule has 0 saturated heterocycles. The molecular weight excluding hydrogens is 468 g/mol. The normalized spacial score (nSPS) is 11.2. The van der Waals surface area contributed by atoms with Crippen LogP contribution in [0, 0.1) is 18.6 Å². The van der Waals surface area contributed by atoms with Gasteiger partial charge in [-0.25, -0.2) is 13.5 Å². The van der Waals surface area contributed by atoms with Crippen molar-refractivity contribution in [1.29, 1.82) is 0 Å². The summed E-state index contributed by atoms with van der Waals surface area (Å²) in [5.41, 5.74) is -0.00330. The van der Waals surface area contributed by atoms with Crippen LogP contribution in [0.4, 0.5) is 14.6 Å². The Kier molecular flexibility index (Phi) is 5.17. The molecule has 5 rings (SSSR count). The van der Waals surface area contributed by atoms with Crippen molar-refractivity contribution in [2.24, 2.45) is 0 Å². The van der Waals surface area contributed by atoms with Gasteiger partial charge in [0.05, 0.1) is 17.6 Å². The highest BCUT2D eigenvalue weighted by Crippen LogP contribution is 2.21. The molecule has 2 aromatic carbocycles. The summed E-state index contributed by atoms with van der Waals surface area (Å²) in [5.74, 6) is -3.05. The number of hydrogen-bond acceptors (Lipinski definition) is 5. The van der Waals surface area contributed by atoms with Gasteiger partial charge in [0, 0.05) is 11.1 Å². The first-order valence-electron chi connectivity index (χ1n) is 9.88. The van der Waals surface area contributed by atoms with Gasteiger partial charge in [0.2, 0.25) is 5.95 Å². The van der Waals surface area contributed by atoms with Crippen LogP contribution in [0.2, 0.25) is 5.02 Å². The second kappa shape index (κ2) is 8.19. The fraction of sp³-hybridized carbons (Fsp3) is 0.0455. The highest BCUT2D eigenvalue weighted by molar-refractivity contribution is 6.30. The Hall–Kier alpha value is -4.38. The number of aromatic amines is 1. The van der Waals surface area contributed by atoms with Gasteiger partial charge in [-0.05, 0) is 37.3 Å². The number of nitrogens with one attached hydrogen (secondary N) is 2. The van der Waals surface area contributed by atoms with Crippen molar-refractivity contribution in [1.82, 2.24) is 29.5 Å². The number of aryl methyl sites for hydroxylation is 1. The molecule has 5 aromatic rings. The van der Waals surface area contributed by atoms with Gasteiger partial charge in [-0.15, -0.1) is 0 Å². The smallest absolute Gasteiger partial charge is 0.263 e. The lowest BCUT2D eigenvalue weighted by Crippen LogP contribution is -2.20. The second-order valence-electron chi connectivity index (χ2n) is 7.30. The van der Waals surface area contributed by atoms with Crippen LogP contribution in [0.3, 0.4) is 0 Å². The monoisotopic (exact) mass is 481 g/mol. The number of fused-ring (bicyclic) bond motifs is 1. The number of anilines is 1. The first kappa shape index (κ1) is 21.5. The first-order chi connectivity index (χ1) is 16.3.